The number of ether oxygens (including phenoxy) is 1. The molecule has 0 bridgehead atoms. The third-order valence-corrected chi connectivity index (χ3v) is 4.53. The molecule has 1 aliphatic heterocycles. The van der Waals surface area contributed by atoms with Gasteiger partial charge in [-0.25, -0.2) is 14.2 Å². The van der Waals surface area contributed by atoms with Gasteiger partial charge in [-0.2, -0.15) is 0 Å². The molecule has 0 atom stereocenters. The number of amides is 2. The average Bonchev–Trinajstić information content (AvgIpc) is 2.73. The number of aromatic nitrogens is 1. The molecule has 2 heterocycles. The molecule has 2 amide bonds. The first-order valence-corrected chi connectivity index (χ1v) is 9.22. The van der Waals surface area contributed by atoms with E-state index in [9.17, 15) is 14.0 Å². The van der Waals surface area contributed by atoms with Gasteiger partial charge in [0.1, 0.15) is 11.6 Å². The number of halogens is 1. The molecule has 1 aromatic heterocycles. The van der Waals surface area contributed by atoms with Gasteiger partial charge in [-0.05, 0) is 25.1 Å². The second-order valence-electron chi connectivity index (χ2n) is 6.35. The molecular formula is C20H23FN4O3. The normalized spacial score (nSPS) is 13.9. The quantitative estimate of drug-likeness (QED) is 0.854. The Bertz CT molecular complexity index is 838. The Morgan fingerprint density at radius 1 is 1.18 bits per heavy atom. The highest BCUT2D eigenvalue weighted by atomic mass is 19.1. The first-order chi connectivity index (χ1) is 13.6. The number of hydrogen-bond acceptors (Lipinski definition) is 5. The third kappa shape index (κ3) is 4.76. The molecule has 28 heavy (non-hydrogen) atoms. The molecule has 3 rings (SSSR count). The summed E-state index contributed by atoms with van der Waals surface area (Å²) in [5.74, 6) is 0.0248. The standard InChI is InChI=1S/C20H23FN4O3/c1-2-28-20(27)25-11-9-24(10-12-25)18-13-15(7-8-22-18)19(26)23-14-16-5-3-4-6-17(16)21/h3-8,13H,2,9-12,14H2,1H3,(H,23,26). The van der Waals surface area contributed by atoms with Crippen LogP contribution in [0.3, 0.4) is 0 Å². The summed E-state index contributed by atoms with van der Waals surface area (Å²) in [7, 11) is 0. The molecule has 7 nitrogen and oxygen atoms in total. The third-order valence-electron chi connectivity index (χ3n) is 4.53. The van der Waals surface area contributed by atoms with E-state index in [4.69, 9.17) is 4.74 Å². The van der Waals surface area contributed by atoms with Crippen molar-refractivity contribution in [1.82, 2.24) is 15.2 Å². The number of piperazine rings is 1. The molecule has 2 aromatic rings. The van der Waals surface area contributed by atoms with Crippen molar-refractivity contribution in [1.29, 1.82) is 0 Å². The Morgan fingerprint density at radius 2 is 1.93 bits per heavy atom. The second kappa shape index (κ2) is 9.16. The first kappa shape index (κ1) is 19.6. The minimum absolute atomic E-state index is 0.112. The van der Waals surface area contributed by atoms with E-state index in [0.717, 1.165) is 0 Å². The molecule has 1 aliphatic rings. The van der Waals surface area contributed by atoms with Gasteiger partial charge < -0.3 is 19.9 Å². The van der Waals surface area contributed by atoms with Crippen LogP contribution in [0, 0.1) is 5.82 Å². The van der Waals surface area contributed by atoms with Gasteiger partial charge >= 0.3 is 6.09 Å². The van der Waals surface area contributed by atoms with E-state index in [-0.39, 0.29) is 24.4 Å². The fraction of sp³-hybridized carbons (Fsp3) is 0.350. The summed E-state index contributed by atoms with van der Waals surface area (Å²) in [5.41, 5.74) is 0.884. The van der Waals surface area contributed by atoms with Gasteiger partial charge in [-0.15, -0.1) is 0 Å². The van der Waals surface area contributed by atoms with Crippen LogP contribution in [0.15, 0.2) is 42.6 Å². The van der Waals surface area contributed by atoms with E-state index < -0.39 is 0 Å². The Hall–Kier alpha value is -3.16. The number of anilines is 1. The van der Waals surface area contributed by atoms with E-state index >= 15 is 0 Å². The number of carbonyl (C=O) groups is 2. The largest absolute Gasteiger partial charge is 0.450 e. The van der Waals surface area contributed by atoms with Crippen molar-refractivity contribution in [3.05, 3.63) is 59.5 Å². The topological polar surface area (TPSA) is 74.8 Å². The van der Waals surface area contributed by atoms with E-state index in [1.165, 1.54) is 6.07 Å². The lowest BCUT2D eigenvalue weighted by Crippen LogP contribution is -2.49. The molecular weight excluding hydrogens is 363 g/mol. The Labute approximate surface area is 163 Å². The van der Waals surface area contributed by atoms with Crippen molar-refractivity contribution in [3.8, 4) is 0 Å². The highest BCUT2D eigenvalue weighted by Crippen LogP contribution is 2.16. The fourth-order valence-electron chi connectivity index (χ4n) is 2.98. The molecule has 0 unspecified atom stereocenters. The van der Waals surface area contributed by atoms with Crippen molar-refractivity contribution in [2.45, 2.75) is 13.5 Å². The van der Waals surface area contributed by atoms with Crippen molar-refractivity contribution in [2.24, 2.45) is 0 Å². The molecule has 0 radical (unpaired) electrons. The fourth-order valence-corrected chi connectivity index (χ4v) is 2.98. The predicted molar refractivity (Wildman–Crippen MR) is 103 cm³/mol. The number of benzene rings is 1. The number of carbonyl (C=O) groups excluding carboxylic acids is 2. The number of rotatable bonds is 5. The number of nitrogens with zero attached hydrogens (tertiary/aromatic N) is 3. The van der Waals surface area contributed by atoms with Crippen LogP contribution < -0.4 is 10.2 Å². The lowest BCUT2D eigenvalue weighted by atomic mass is 10.2. The van der Waals surface area contributed by atoms with Crippen LogP contribution in [0.2, 0.25) is 0 Å². The Kier molecular flexibility index (Phi) is 6.41. The zero-order chi connectivity index (χ0) is 19.9. The summed E-state index contributed by atoms with van der Waals surface area (Å²) in [6.07, 6.45) is 1.27. The average molecular weight is 386 g/mol. The first-order valence-electron chi connectivity index (χ1n) is 9.22. The number of nitrogens with one attached hydrogen (secondary N) is 1. The maximum absolute atomic E-state index is 13.7. The molecule has 1 saturated heterocycles. The maximum Gasteiger partial charge on any atom is 0.409 e. The van der Waals surface area contributed by atoms with Crippen LogP contribution in [-0.2, 0) is 11.3 Å². The maximum atomic E-state index is 13.7. The van der Waals surface area contributed by atoms with Crippen LogP contribution in [0.5, 0.6) is 0 Å². The van der Waals surface area contributed by atoms with Crippen LogP contribution >= 0.6 is 0 Å². The summed E-state index contributed by atoms with van der Waals surface area (Å²) in [6.45, 7) is 4.51. The Balaban J connectivity index is 1.59. The van der Waals surface area contributed by atoms with Gasteiger partial charge in [-0.1, -0.05) is 18.2 Å². The molecule has 0 saturated carbocycles. The highest BCUT2D eigenvalue weighted by molar-refractivity contribution is 5.94. The molecule has 1 N–H and O–H groups in total. The van der Waals surface area contributed by atoms with Crippen LogP contribution in [0.1, 0.15) is 22.8 Å². The zero-order valence-electron chi connectivity index (χ0n) is 15.7. The highest BCUT2D eigenvalue weighted by Gasteiger charge is 2.23. The van der Waals surface area contributed by atoms with Crippen molar-refractivity contribution in [2.75, 3.05) is 37.7 Å². The monoisotopic (exact) mass is 386 g/mol. The summed E-state index contributed by atoms with van der Waals surface area (Å²) >= 11 is 0. The minimum atomic E-state index is -0.349. The molecule has 148 valence electrons. The molecule has 1 aromatic carbocycles. The summed E-state index contributed by atoms with van der Waals surface area (Å²) in [4.78, 5) is 32.2. The lowest BCUT2D eigenvalue weighted by molar-refractivity contribution is 0.0950. The van der Waals surface area contributed by atoms with Crippen LogP contribution in [0.25, 0.3) is 0 Å². The van der Waals surface area contributed by atoms with E-state index in [1.807, 2.05) is 4.90 Å². The van der Waals surface area contributed by atoms with Crippen molar-refractivity contribution < 1.29 is 18.7 Å². The van der Waals surface area contributed by atoms with Gasteiger partial charge in [0.05, 0.1) is 6.61 Å². The van der Waals surface area contributed by atoms with Gasteiger partial charge in [0.25, 0.3) is 5.91 Å². The van der Waals surface area contributed by atoms with Crippen LogP contribution in [-0.4, -0.2) is 54.7 Å². The van der Waals surface area contributed by atoms with Gasteiger partial charge in [0, 0.05) is 50.0 Å². The summed E-state index contributed by atoms with van der Waals surface area (Å²) in [6, 6.07) is 9.66. The van der Waals surface area contributed by atoms with Gasteiger partial charge in [-0.3, -0.25) is 4.79 Å². The van der Waals surface area contributed by atoms with Crippen molar-refractivity contribution in [3.63, 3.8) is 0 Å². The SMILES string of the molecule is CCOC(=O)N1CCN(c2cc(C(=O)NCc3ccccc3F)ccn2)CC1. The van der Waals surface area contributed by atoms with E-state index in [1.54, 1.807) is 48.4 Å². The smallest absolute Gasteiger partial charge is 0.409 e. The zero-order valence-corrected chi connectivity index (χ0v) is 15.7. The lowest BCUT2D eigenvalue weighted by Gasteiger charge is -2.34. The molecule has 0 spiro atoms. The summed E-state index contributed by atoms with van der Waals surface area (Å²) < 4.78 is 18.7. The number of hydrogen-bond donors (Lipinski definition) is 1. The van der Waals surface area contributed by atoms with Gasteiger partial charge in [0.15, 0.2) is 0 Å². The minimum Gasteiger partial charge on any atom is -0.450 e. The Morgan fingerprint density at radius 3 is 2.64 bits per heavy atom. The van der Waals surface area contributed by atoms with Crippen LogP contribution in [0.4, 0.5) is 15.0 Å². The number of pyridine rings is 1. The predicted octanol–water partition coefficient (Wildman–Crippen LogP) is 2.43. The van der Waals surface area contributed by atoms with Gasteiger partial charge in [0.2, 0.25) is 0 Å². The van der Waals surface area contributed by atoms with Crippen molar-refractivity contribution >= 4 is 17.8 Å². The summed E-state index contributed by atoms with van der Waals surface area (Å²) in [5, 5.41) is 2.73. The van der Waals surface area contributed by atoms with E-state index in [2.05, 4.69) is 10.3 Å². The molecule has 1 fully saturated rings. The van der Waals surface area contributed by atoms with E-state index in [0.29, 0.717) is 49.7 Å². The second-order valence-corrected chi connectivity index (χ2v) is 6.35. The molecule has 0 aliphatic carbocycles. The molecule has 8 heteroatoms.